The van der Waals surface area contributed by atoms with Crippen molar-refractivity contribution in [2.24, 2.45) is 0 Å². The molecule has 0 spiro atoms. The highest BCUT2D eigenvalue weighted by molar-refractivity contribution is 6.08. The Kier molecular flexibility index (Phi) is 4.13. The molecule has 0 N–H and O–H groups in total. The van der Waals surface area contributed by atoms with Crippen molar-refractivity contribution in [3.63, 3.8) is 0 Å². The molecular weight excluding hydrogens is 271 g/mol. The molecule has 0 amide bonds. The molecule has 3 nitrogen and oxygen atoms in total. The van der Waals surface area contributed by atoms with E-state index in [1.165, 1.54) is 18.2 Å². The number of carbonyl (C=O) groups excluding carboxylic acids is 1. The van der Waals surface area contributed by atoms with Crippen LogP contribution < -0.4 is 0 Å². The average molecular weight is 285 g/mol. The second kappa shape index (κ2) is 5.66. The summed E-state index contributed by atoms with van der Waals surface area (Å²) >= 11 is 0. The molecule has 2 aromatic rings. The van der Waals surface area contributed by atoms with Crippen LogP contribution in [-0.2, 0) is 0 Å². The van der Waals surface area contributed by atoms with Gasteiger partial charge in [0.15, 0.2) is 5.78 Å². The topological polar surface area (TPSA) is 33.5 Å². The van der Waals surface area contributed by atoms with Crippen LogP contribution in [0.15, 0.2) is 34.9 Å². The maximum absolute atomic E-state index is 12.1. The first kappa shape index (κ1) is 14.6. The summed E-state index contributed by atoms with van der Waals surface area (Å²) in [7, 11) is 1.49. The number of likely N-dealkylation sites (N-methyl/N-ethyl adjacent to an activating group) is 1. The van der Waals surface area contributed by atoms with Crippen molar-refractivity contribution >= 4 is 16.8 Å². The molecule has 0 aliphatic carbocycles. The largest absolute Gasteiger partial charge is 0.464 e. The third-order valence-electron chi connectivity index (χ3n) is 2.97. The zero-order chi connectivity index (χ0) is 14.8. The van der Waals surface area contributed by atoms with Gasteiger partial charge in [-0.15, -0.1) is 0 Å². The fraction of sp³-hybridized carbons (Fsp3) is 0.357. The molecule has 0 atom stereocenters. The number of carbonyl (C=O) groups is 1. The Labute approximate surface area is 114 Å². The summed E-state index contributed by atoms with van der Waals surface area (Å²) in [4.78, 5) is 13.4. The van der Waals surface area contributed by atoms with Crippen LogP contribution in [0.4, 0.5) is 13.2 Å². The number of alkyl halides is 3. The van der Waals surface area contributed by atoms with E-state index >= 15 is 0 Å². The Bertz CT molecular complexity index is 604. The second-order valence-electron chi connectivity index (χ2n) is 4.67. The van der Waals surface area contributed by atoms with E-state index in [-0.39, 0.29) is 18.9 Å². The number of fused-ring (bicyclic) bond motifs is 1. The van der Waals surface area contributed by atoms with E-state index in [0.717, 1.165) is 0 Å². The molecule has 1 heterocycles. The highest BCUT2D eigenvalue weighted by Gasteiger charge is 2.27. The number of rotatable bonds is 5. The van der Waals surface area contributed by atoms with Gasteiger partial charge in [-0.25, -0.2) is 0 Å². The van der Waals surface area contributed by atoms with Crippen molar-refractivity contribution < 1.29 is 22.4 Å². The van der Waals surface area contributed by atoms with Gasteiger partial charge in [0.1, 0.15) is 11.8 Å². The van der Waals surface area contributed by atoms with Gasteiger partial charge >= 0.3 is 6.18 Å². The molecule has 1 aromatic carbocycles. The summed E-state index contributed by atoms with van der Waals surface area (Å²) in [5.41, 5.74) is 0.994. The third-order valence-corrected chi connectivity index (χ3v) is 2.97. The molecule has 108 valence electrons. The van der Waals surface area contributed by atoms with Crippen molar-refractivity contribution in [2.75, 3.05) is 20.1 Å². The average Bonchev–Trinajstić information content (AvgIpc) is 2.79. The van der Waals surface area contributed by atoms with Crippen molar-refractivity contribution in [2.45, 2.75) is 12.6 Å². The second-order valence-corrected chi connectivity index (χ2v) is 4.67. The lowest BCUT2D eigenvalue weighted by Gasteiger charge is -2.16. The van der Waals surface area contributed by atoms with Crippen LogP contribution in [0.2, 0.25) is 0 Å². The molecular formula is C14H14F3NO2. The van der Waals surface area contributed by atoms with Crippen LogP contribution in [-0.4, -0.2) is 37.0 Å². The Morgan fingerprint density at radius 2 is 2.00 bits per heavy atom. The van der Waals surface area contributed by atoms with Crippen LogP contribution in [0.5, 0.6) is 0 Å². The highest BCUT2D eigenvalue weighted by Crippen LogP contribution is 2.22. The minimum absolute atomic E-state index is 0.0698. The number of benzene rings is 1. The summed E-state index contributed by atoms with van der Waals surface area (Å²) < 4.78 is 41.6. The van der Waals surface area contributed by atoms with E-state index in [1.54, 1.807) is 24.3 Å². The van der Waals surface area contributed by atoms with Crippen molar-refractivity contribution in [3.8, 4) is 0 Å². The summed E-state index contributed by atoms with van der Waals surface area (Å²) in [6.45, 7) is -0.273. The number of furan rings is 1. The van der Waals surface area contributed by atoms with E-state index in [0.29, 0.717) is 16.5 Å². The maximum atomic E-state index is 12.1. The minimum Gasteiger partial charge on any atom is -0.464 e. The molecule has 0 aliphatic heterocycles. The number of halogens is 3. The number of hydrogen-bond acceptors (Lipinski definition) is 3. The molecule has 0 radical (unpaired) electrons. The van der Waals surface area contributed by atoms with Gasteiger partial charge in [-0.2, -0.15) is 13.2 Å². The van der Waals surface area contributed by atoms with Crippen molar-refractivity contribution in [1.82, 2.24) is 4.90 Å². The number of Topliss-reactive ketones (excluding diaryl/α,β-unsaturated/α-hetero) is 1. The first-order valence-electron chi connectivity index (χ1n) is 6.11. The summed E-state index contributed by atoms with van der Waals surface area (Å²) in [6, 6.07) is 7.05. The standard InChI is InChI=1S/C14H14F3NO2/c1-18(7-6-14(15,16)17)8-12(19)11-9-20-13-5-3-2-4-10(11)13/h2-5,9H,6-8H2,1H3. The number of hydrogen-bond donors (Lipinski definition) is 0. The van der Waals surface area contributed by atoms with Gasteiger partial charge in [-0.3, -0.25) is 9.69 Å². The molecule has 6 heteroatoms. The molecule has 20 heavy (non-hydrogen) atoms. The van der Waals surface area contributed by atoms with Crippen LogP contribution in [0.1, 0.15) is 16.8 Å². The van der Waals surface area contributed by atoms with Gasteiger partial charge in [0.05, 0.1) is 18.5 Å². The smallest absolute Gasteiger partial charge is 0.390 e. The lowest BCUT2D eigenvalue weighted by Crippen LogP contribution is -2.29. The lowest BCUT2D eigenvalue weighted by atomic mass is 10.1. The predicted molar refractivity (Wildman–Crippen MR) is 68.7 cm³/mol. The monoisotopic (exact) mass is 285 g/mol. The van der Waals surface area contributed by atoms with Gasteiger partial charge in [0, 0.05) is 11.9 Å². The van der Waals surface area contributed by atoms with Gasteiger partial charge < -0.3 is 4.42 Å². The number of nitrogens with zero attached hydrogens (tertiary/aromatic N) is 1. The number of para-hydroxylation sites is 1. The first-order chi connectivity index (χ1) is 9.37. The number of ketones is 1. The third kappa shape index (κ3) is 3.60. The van der Waals surface area contributed by atoms with Crippen LogP contribution in [0.3, 0.4) is 0 Å². The zero-order valence-electron chi connectivity index (χ0n) is 10.9. The molecule has 0 saturated carbocycles. The SMILES string of the molecule is CN(CCC(F)(F)F)CC(=O)c1coc2ccccc12. The Balaban J connectivity index is 2.01. The van der Waals surface area contributed by atoms with E-state index in [9.17, 15) is 18.0 Å². The molecule has 0 aliphatic rings. The lowest BCUT2D eigenvalue weighted by molar-refractivity contribution is -0.137. The van der Waals surface area contributed by atoms with E-state index in [4.69, 9.17) is 4.42 Å². The maximum Gasteiger partial charge on any atom is 0.390 e. The predicted octanol–water partition coefficient (Wildman–Crippen LogP) is 3.50. The van der Waals surface area contributed by atoms with Gasteiger partial charge in [0.25, 0.3) is 0 Å². The zero-order valence-corrected chi connectivity index (χ0v) is 10.9. The fourth-order valence-corrected chi connectivity index (χ4v) is 1.92. The summed E-state index contributed by atoms with van der Waals surface area (Å²) in [5, 5.41) is 0.682. The Morgan fingerprint density at radius 1 is 1.30 bits per heavy atom. The molecule has 0 bridgehead atoms. The molecule has 2 rings (SSSR count). The van der Waals surface area contributed by atoms with E-state index in [1.807, 2.05) is 0 Å². The van der Waals surface area contributed by atoms with E-state index in [2.05, 4.69) is 0 Å². The van der Waals surface area contributed by atoms with Crippen LogP contribution in [0, 0.1) is 0 Å². The van der Waals surface area contributed by atoms with Gasteiger partial charge in [-0.05, 0) is 13.1 Å². The van der Waals surface area contributed by atoms with Crippen LogP contribution in [0.25, 0.3) is 11.0 Å². The molecule has 0 saturated heterocycles. The fourth-order valence-electron chi connectivity index (χ4n) is 1.92. The van der Waals surface area contributed by atoms with Crippen molar-refractivity contribution in [1.29, 1.82) is 0 Å². The van der Waals surface area contributed by atoms with Crippen LogP contribution >= 0.6 is 0 Å². The first-order valence-corrected chi connectivity index (χ1v) is 6.11. The minimum atomic E-state index is -4.21. The summed E-state index contributed by atoms with van der Waals surface area (Å²) in [5.74, 6) is -0.250. The molecule has 1 aromatic heterocycles. The highest BCUT2D eigenvalue weighted by atomic mass is 19.4. The van der Waals surface area contributed by atoms with Gasteiger partial charge in [-0.1, -0.05) is 18.2 Å². The quantitative estimate of drug-likeness (QED) is 0.788. The van der Waals surface area contributed by atoms with Crippen molar-refractivity contribution in [3.05, 3.63) is 36.1 Å². The molecule has 0 fully saturated rings. The van der Waals surface area contributed by atoms with Gasteiger partial charge in [0.2, 0.25) is 0 Å². The Hall–Kier alpha value is -1.82. The van der Waals surface area contributed by atoms with E-state index < -0.39 is 12.6 Å². The molecule has 0 unspecified atom stereocenters. The normalized spacial score (nSPS) is 12.2. The Morgan fingerprint density at radius 3 is 2.70 bits per heavy atom. The summed E-state index contributed by atoms with van der Waals surface area (Å²) in [6.07, 6.45) is -3.78.